The van der Waals surface area contributed by atoms with Crippen LogP contribution in [0.15, 0.2) is 34.2 Å². The standard InChI is InChI=1S/C15H14ClN3S/c1-3-12-13(9-17)15(19-18-14(12)4-2)20-11-7-5-6-10(16)8-11/h5-8H,3-4H2,1-2H3. The third-order valence-corrected chi connectivity index (χ3v) is 4.14. The number of aryl methyl sites for hydroxylation is 1. The lowest BCUT2D eigenvalue weighted by molar-refractivity contribution is 0.818. The van der Waals surface area contributed by atoms with Crippen molar-refractivity contribution < 1.29 is 0 Å². The van der Waals surface area contributed by atoms with Crippen LogP contribution in [0.1, 0.15) is 30.7 Å². The van der Waals surface area contributed by atoms with E-state index in [1.54, 1.807) is 0 Å². The van der Waals surface area contributed by atoms with Crippen LogP contribution in [0, 0.1) is 11.3 Å². The summed E-state index contributed by atoms with van der Waals surface area (Å²) in [5, 5.41) is 19.2. The fourth-order valence-corrected chi connectivity index (χ4v) is 3.15. The second-order valence-electron chi connectivity index (χ2n) is 4.18. The Morgan fingerprint density at radius 2 is 2.05 bits per heavy atom. The summed E-state index contributed by atoms with van der Waals surface area (Å²) < 4.78 is 0. The van der Waals surface area contributed by atoms with E-state index in [0.717, 1.165) is 29.0 Å². The molecular formula is C15H14ClN3S. The molecule has 0 unspecified atom stereocenters. The highest BCUT2D eigenvalue weighted by molar-refractivity contribution is 7.99. The quantitative estimate of drug-likeness (QED) is 0.846. The van der Waals surface area contributed by atoms with Crippen molar-refractivity contribution in [3.8, 4) is 6.07 Å². The molecule has 0 N–H and O–H groups in total. The molecule has 0 fully saturated rings. The zero-order valence-electron chi connectivity index (χ0n) is 11.4. The van der Waals surface area contributed by atoms with E-state index < -0.39 is 0 Å². The molecule has 0 aliphatic carbocycles. The van der Waals surface area contributed by atoms with E-state index in [4.69, 9.17) is 11.6 Å². The predicted molar refractivity (Wildman–Crippen MR) is 81.1 cm³/mol. The van der Waals surface area contributed by atoms with Crippen LogP contribution in [0.25, 0.3) is 0 Å². The highest BCUT2D eigenvalue weighted by Gasteiger charge is 2.15. The molecule has 20 heavy (non-hydrogen) atoms. The van der Waals surface area contributed by atoms with Crippen molar-refractivity contribution in [2.45, 2.75) is 36.6 Å². The van der Waals surface area contributed by atoms with Gasteiger partial charge in [0.15, 0.2) is 0 Å². The summed E-state index contributed by atoms with van der Waals surface area (Å²) in [6.07, 6.45) is 1.57. The maximum Gasteiger partial charge on any atom is 0.142 e. The molecule has 1 aromatic carbocycles. The van der Waals surface area contributed by atoms with Crippen LogP contribution in [0.3, 0.4) is 0 Å². The minimum atomic E-state index is 0.629. The van der Waals surface area contributed by atoms with Gasteiger partial charge in [-0.05, 0) is 36.6 Å². The average molecular weight is 304 g/mol. The third kappa shape index (κ3) is 3.12. The summed E-state index contributed by atoms with van der Waals surface area (Å²) in [4.78, 5) is 0.953. The van der Waals surface area contributed by atoms with Crippen LogP contribution in [0.5, 0.6) is 0 Å². The number of halogens is 1. The summed E-state index contributed by atoms with van der Waals surface area (Å²) in [5.74, 6) is 0. The Kier molecular flexibility index (Phi) is 4.99. The van der Waals surface area contributed by atoms with E-state index in [9.17, 15) is 5.26 Å². The number of nitriles is 1. The Hall–Kier alpha value is -1.57. The van der Waals surface area contributed by atoms with Crippen molar-refractivity contribution in [1.82, 2.24) is 10.2 Å². The number of nitrogens with zero attached hydrogens (tertiary/aromatic N) is 3. The summed E-state index contributed by atoms with van der Waals surface area (Å²) in [5.41, 5.74) is 2.53. The average Bonchev–Trinajstić information content (AvgIpc) is 2.46. The minimum absolute atomic E-state index is 0.629. The van der Waals surface area contributed by atoms with Gasteiger partial charge in [0, 0.05) is 9.92 Å². The number of hydrogen-bond donors (Lipinski definition) is 0. The molecule has 0 saturated heterocycles. The molecule has 5 heteroatoms. The Bertz CT molecular complexity index is 665. The Balaban J connectivity index is 2.45. The zero-order chi connectivity index (χ0) is 14.5. The second kappa shape index (κ2) is 6.74. The van der Waals surface area contributed by atoms with Gasteiger partial charge in [-0.25, -0.2) is 0 Å². The SMILES string of the molecule is CCc1nnc(Sc2cccc(Cl)c2)c(C#N)c1CC. The molecule has 0 spiro atoms. The molecule has 0 aliphatic heterocycles. The van der Waals surface area contributed by atoms with Crippen molar-refractivity contribution in [2.24, 2.45) is 0 Å². The fourth-order valence-electron chi connectivity index (χ4n) is 1.98. The third-order valence-electron chi connectivity index (χ3n) is 2.94. The highest BCUT2D eigenvalue weighted by atomic mass is 35.5. The van der Waals surface area contributed by atoms with Crippen LogP contribution in [0.2, 0.25) is 5.02 Å². The zero-order valence-corrected chi connectivity index (χ0v) is 12.9. The van der Waals surface area contributed by atoms with Crippen molar-refractivity contribution in [2.75, 3.05) is 0 Å². The molecule has 0 atom stereocenters. The molecule has 0 saturated carbocycles. The monoisotopic (exact) mass is 303 g/mol. The van der Waals surface area contributed by atoms with Crippen molar-refractivity contribution >= 4 is 23.4 Å². The van der Waals surface area contributed by atoms with Gasteiger partial charge in [0.25, 0.3) is 0 Å². The molecule has 1 heterocycles. The normalized spacial score (nSPS) is 10.3. The number of benzene rings is 1. The van der Waals surface area contributed by atoms with Gasteiger partial charge in [-0.15, -0.1) is 5.10 Å². The van der Waals surface area contributed by atoms with Gasteiger partial charge in [0.1, 0.15) is 11.1 Å². The van der Waals surface area contributed by atoms with Gasteiger partial charge in [-0.2, -0.15) is 10.4 Å². The smallest absolute Gasteiger partial charge is 0.142 e. The van der Waals surface area contributed by atoms with E-state index in [-0.39, 0.29) is 0 Å². The maximum absolute atomic E-state index is 9.43. The van der Waals surface area contributed by atoms with E-state index >= 15 is 0 Å². The van der Waals surface area contributed by atoms with Crippen LogP contribution < -0.4 is 0 Å². The van der Waals surface area contributed by atoms with Gasteiger partial charge in [0.2, 0.25) is 0 Å². The lowest BCUT2D eigenvalue weighted by atomic mass is 10.1. The lowest BCUT2D eigenvalue weighted by Gasteiger charge is -2.10. The van der Waals surface area contributed by atoms with Crippen molar-refractivity contribution in [3.63, 3.8) is 0 Å². The summed E-state index contributed by atoms with van der Waals surface area (Å²) >= 11 is 7.40. The molecule has 2 aromatic rings. The Morgan fingerprint density at radius 3 is 2.65 bits per heavy atom. The maximum atomic E-state index is 9.43. The lowest BCUT2D eigenvalue weighted by Crippen LogP contribution is -2.04. The van der Waals surface area contributed by atoms with Gasteiger partial charge in [-0.3, -0.25) is 0 Å². The van der Waals surface area contributed by atoms with Crippen LogP contribution in [-0.4, -0.2) is 10.2 Å². The largest absolute Gasteiger partial charge is 0.192 e. The molecule has 1 aromatic heterocycles. The molecule has 0 amide bonds. The molecule has 0 aliphatic rings. The summed E-state index contributed by atoms with van der Waals surface area (Å²) in [6.45, 7) is 4.05. The first-order chi connectivity index (χ1) is 9.69. The molecule has 0 radical (unpaired) electrons. The van der Waals surface area contributed by atoms with E-state index in [0.29, 0.717) is 15.6 Å². The minimum Gasteiger partial charge on any atom is -0.192 e. The summed E-state index contributed by atoms with van der Waals surface area (Å²) in [7, 11) is 0. The molecular weight excluding hydrogens is 290 g/mol. The number of hydrogen-bond acceptors (Lipinski definition) is 4. The van der Waals surface area contributed by atoms with Crippen LogP contribution >= 0.6 is 23.4 Å². The van der Waals surface area contributed by atoms with Gasteiger partial charge >= 0.3 is 0 Å². The van der Waals surface area contributed by atoms with Crippen LogP contribution in [0.4, 0.5) is 0 Å². The fraction of sp³-hybridized carbons (Fsp3) is 0.267. The predicted octanol–water partition coefficient (Wildman–Crippen LogP) is 4.28. The molecule has 3 nitrogen and oxygen atoms in total. The Labute approximate surface area is 128 Å². The second-order valence-corrected chi connectivity index (χ2v) is 5.68. The first kappa shape index (κ1) is 14.8. The molecule has 2 rings (SSSR count). The topological polar surface area (TPSA) is 49.6 Å². The van der Waals surface area contributed by atoms with Gasteiger partial charge < -0.3 is 0 Å². The van der Waals surface area contributed by atoms with Gasteiger partial charge in [0.05, 0.1) is 11.3 Å². The van der Waals surface area contributed by atoms with Crippen LogP contribution in [-0.2, 0) is 12.8 Å². The van der Waals surface area contributed by atoms with E-state index in [1.807, 2.05) is 38.1 Å². The first-order valence-corrected chi connectivity index (χ1v) is 7.61. The molecule has 102 valence electrons. The number of rotatable bonds is 4. The van der Waals surface area contributed by atoms with E-state index in [2.05, 4.69) is 16.3 Å². The van der Waals surface area contributed by atoms with Crippen molar-refractivity contribution in [3.05, 3.63) is 46.1 Å². The summed E-state index contributed by atoms with van der Waals surface area (Å²) in [6, 6.07) is 9.77. The Morgan fingerprint density at radius 1 is 1.25 bits per heavy atom. The van der Waals surface area contributed by atoms with Crippen molar-refractivity contribution in [1.29, 1.82) is 5.26 Å². The van der Waals surface area contributed by atoms with E-state index in [1.165, 1.54) is 11.8 Å². The van der Waals surface area contributed by atoms with Gasteiger partial charge in [-0.1, -0.05) is 43.3 Å². The first-order valence-electron chi connectivity index (χ1n) is 6.41. The molecule has 0 bridgehead atoms. The number of aromatic nitrogens is 2. The highest BCUT2D eigenvalue weighted by Crippen LogP contribution is 2.31.